The Bertz CT molecular complexity index is 1330. The van der Waals surface area contributed by atoms with E-state index in [2.05, 4.69) is 29.5 Å². The highest BCUT2D eigenvalue weighted by atomic mass is 16.5. The second kappa shape index (κ2) is 9.79. The molecule has 1 N–H and O–H groups in total. The molecule has 0 aliphatic rings. The molecule has 2 aromatic heterocycles. The highest BCUT2D eigenvalue weighted by Gasteiger charge is 2.18. The van der Waals surface area contributed by atoms with Crippen molar-refractivity contribution in [2.75, 3.05) is 5.32 Å². The van der Waals surface area contributed by atoms with Crippen LogP contribution in [0, 0.1) is 20.8 Å². The van der Waals surface area contributed by atoms with Gasteiger partial charge in [-0.25, -0.2) is 0 Å². The van der Waals surface area contributed by atoms with E-state index >= 15 is 0 Å². The van der Waals surface area contributed by atoms with Crippen molar-refractivity contribution in [2.24, 2.45) is 0 Å². The number of benzene rings is 2. The van der Waals surface area contributed by atoms with E-state index in [1.165, 1.54) is 18.1 Å². The highest BCUT2D eigenvalue weighted by molar-refractivity contribution is 6.03. The van der Waals surface area contributed by atoms with Gasteiger partial charge in [0.15, 0.2) is 11.5 Å². The summed E-state index contributed by atoms with van der Waals surface area (Å²) in [6.45, 7) is 8.19. The van der Waals surface area contributed by atoms with Crippen LogP contribution in [0.4, 0.5) is 5.69 Å². The number of anilines is 1. The molecule has 0 spiro atoms. The number of furan rings is 1. The van der Waals surface area contributed by atoms with Crippen LogP contribution >= 0.6 is 0 Å². The van der Waals surface area contributed by atoms with Gasteiger partial charge in [0.1, 0.15) is 18.1 Å². The molecule has 174 valence electrons. The van der Waals surface area contributed by atoms with E-state index < -0.39 is 0 Å². The summed E-state index contributed by atoms with van der Waals surface area (Å²) >= 11 is 0. The zero-order valence-corrected chi connectivity index (χ0v) is 19.7. The highest BCUT2D eigenvalue weighted by Crippen LogP contribution is 2.23. The fourth-order valence-electron chi connectivity index (χ4n) is 3.67. The number of ketones is 1. The molecule has 4 rings (SSSR count). The molecule has 1 amide bonds. The summed E-state index contributed by atoms with van der Waals surface area (Å²) in [7, 11) is 0. The minimum absolute atomic E-state index is 0.000523. The van der Waals surface area contributed by atoms with Crippen LogP contribution in [0.2, 0.25) is 0 Å². The van der Waals surface area contributed by atoms with Gasteiger partial charge in [0, 0.05) is 5.56 Å². The Morgan fingerprint density at radius 2 is 1.74 bits per heavy atom. The van der Waals surface area contributed by atoms with Gasteiger partial charge in [0.2, 0.25) is 0 Å². The first-order valence-corrected chi connectivity index (χ1v) is 11.0. The van der Waals surface area contributed by atoms with Crippen molar-refractivity contribution < 1.29 is 18.7 Å². The summed E-state index contributed by atoms with van der Waals surface area (Å²) in [5.74, 6) is 0.971. The van der Waals surface area contributed by atoms with E-state index in [-0.39, 0.29) is 24.1 Å². The number of ether oxygens (including phenoxy) is 1. The Balaban J connectivity index is 1.40. The average molecular weight is 458 g/mol. The van der Waals surface area contributed by atoms with Gasteiger partial charge in [-0.2, -0.15) is 5.10 Å². The zero-order valence-electron chi connectivity index (χ0n) is 19.7. The fourth-order valence-corrected chi connectivity index (χ4v) is 3.67. The topological polar surface area (TPSA) is 86.4 Å². The van der Waals surface area contributed by atoms with E-state index in [0.29, 0.717) is 29.3 Å². The summed E-state index contributed by atoms with van der Waals surface area (Å²) in [6.07, 6.45) is 0. The zero-order chi connectivity index (χ0) is 24.2. The molecule has 0 atom stereocenters. The smallest absolute Gasteiger partial charge is 0.291 e. The van der Waals surface area contributed by atoms with Crippen molar-refractivity contribution in [1.82, 2.24) is 9.78 Å². The maximum Gasteiger partial charge on any atom is 0.291 e. The number of carbonyl (C=O) groups is 2. The van der Waals surface area contributed by atoms with Crippen molar-refractivity contribution in [1.29, 1.82) is 0 Å². The molecule has 0 aliphatic carbocycles. The first-order chi connectivity index (χ1) is 16.3. The van der Waals surface area contributed by atoms with E-state index in [1.54, 1.807) is 36.4 Å². The van der Waals surface area contributed by atoms with E-state index in [9.17, 15) is 9.59 Å². The third-order valence-electron chi connectivity index (χ3n) is 5.73. The Hall–Kier alpha value is -4.13. The number of rotatable bonds is 8. The summed E-state index contributed by atoms with van der Waals surface area (Å²) in [5, 5.41) is 7.54. The Morgan fingerprint density at radius 1 is 1.00 bits per heavy atom. The number of hydrogen-bond donors (Lipinski definition) is 1. The van der Waals surface area contributed by atoms with Crippen molar-refractivity contribution >= 4 is 17.4 Å². The summed E-state index contributed by atoms with van der Waals surface area (Å²) in [6, 6.07) is 18.4. The molecule has 0 unspecified atom stereocenters. The number of Topliss-reactive ketones (excluding diaryl/α,β-unsaturated/α-hetero) is 1. The van der Waals surface area contributed by atoms with Gasteiger partial charge in [-0.3, -0.25) is 14.3 Å². The van der Waals surface area contributed by atoms with Crippen molar-refractivity contribution in [3.05, 3.63) is 100 Å². The lowest BCUT2D eigenvalue weighted by molar-refractivity contribution is 0.0990. The normalized spacial score (nSPS) is 10.8. The monoisotopic (exact) mass is 457 g/mol. The largest absolute Gasteiger partial charge is 0.486 e. The SMILES string of the molecule is CC(=O)c1ccc(OCc2ccc(C(=O)Nc3c(C)nn(Cc4ccccc4C)c3C)o2)cc1. The van der Waals surface area contributed by atoms with Crippen LogP contribution in [-0.2, 0) is 13.2 Å². The van der Waals surface area contributed by atoms with Crippen LogP contribution in [0.3, 0.4) is 0 Å². The van der Waals surface area contributed by atoms with Gasteiger partial charge in [0.05, 0.1) is 23.6 Å². The number of nitrogens with one attached hydrogen (secondary N) is 1. The van der Waals surface area contributed by atoms with E-state index in [4.69, 9.17) is 9.15 Å². The van der Waals surface area contributed by atoms with Crippen LogP contribution in [-0.4, -0.2) is 21.5 Å². The summed E-state index contributed by atoms with van der Waals surface area (Å²) in [5.41, 5.74) is 5.29. The predicted molar refractivity (Wildman–Crippen MR) is 129 cm³/mol. The third kappa shape index (κ3) is 5.09. The van der Waals surface area contributed by atoms with Gasteiger partial charge in [-0.15, -0.1) is 0 Å². The van der Waals surface area contributed by atoms with Gasteiger partial charge in [0.25, 0.3) is 5.91 Å². The minimum Gasteiger partial charge on any atom is -0.486 e. The molecule has 0 aliphatic heterocycles. The number of amides is 1. The van der Waals surface area contributed by atoms with E-state index in [1.807, 2.05) is 30.7 Å². The number of nitrogens with zero attached hydrogens (tertiary/aromatic N) is 2. The van der Waals surface area contributed by atoms with Crippen molar-refractivity contribution in [2.45, 2.75) is 40.8 Å². The van der Waals surface area contributed by atoms with Gasteiger partial charge in [-0.1, -0.05) is 24.3 Å². The number of carbonyl (C=O) groups excluding carboxylic acids is 2. The molecular formula is C27H27N3O4. The van der Waals surface area contributed by atoms with Gasteiger partial charge in [-0.05, 0) is 75.2 Å². The molecule has 0 saturated heterocycles. The Kier molecular flexibility index (Phi) is 6.63. The Morgan fingerprint density at radius 3 is 2.44 bits per heavy atom. The number of aromatic nitrogens is 2. The molecule has 0 bridgehead atoms. The maximum atomic E-state index is 12.8. The van der Waals surface area contributed by atoms with Crippen LogP contribution in [0.5, 0.6) is 5.75 Å². The van der Waals surface area contributed by atoms with Crippen LogP contribution in [0.15, 0.2) is 65.1 Å². The minimum atomic E-state index is -0.348. The lowest BCUT2D eigenvalue weighted by Gasteiger charge is -2.08. The first-order valence-electron chi connectivity index (χ1n) is 11.0. The quantitative estimate of drug-likeness (QED) is 0.354. The number of aryl methyl sites for hydroxylation is 2. The molecule has 34 heavy (non-hydrogen) atoms. The number of hydrogen-bond acceptors (Lipinski definition) is 5. The van der Waals surface area contributed by atoms with Crippen LogP contribution < -0.4 is 10.1 Å². The molecule has 0 radical (unpaired) electrons. The van der Waals surface area contributed by atoms with Crippen LogP contribution in [0.25, 0.3) is 0 Å². The molecule has 7 nitrogen and oxygen atoms in total. The standard InChI is InChI=1S/C27H27N3O4/c1-17-7-5-6-8-22(17)15-30-19(3)26(18(2)29-30)28-27(32)25-14-13-24(34-25)16-33-23-11-9-21(10-12-23)20(4)31/h5-14H,15-16H2,1-4H3,(H,28,32). The lowest BCUT2D eigenvalue weighted by atomic mass is 10.1. The van der Waals surface area contributed by atoms with E-state index in [0.717, 1.165) is 11.4 Å². The summed E-state index contributed by atoms with van der Waals surface area (Å²) < 4.78 is 13.3. The average Bonchev–Trinajstić information content (AvgIpc) is 3.40. The molecule has 0 saturated carbocycles. The van der Waals surface area contributed by atoms with Gasteiger partial charge < -0.3 is 14.5 Å². The molecule has 0 fully saturated rings. The molecule has 2 heterocycles. The predicted octanol–water partition coefficient (Wildman–Crippen LogP) is 5.48. The third-order valence-corrected chi connectivity index (χ3v) is 5.73. The molecule has 7 heteroatoms. The maximum absolute atomic E-state index is 12.8. The molecular weight excluding hydrogens is 430 g/mol. The summed E-state index contributed by atoms with van der Waals surface area (Å²) in [4.78, 5) is 24.2. The van der Waals surface area contributed by atoms with Crippen molar-refractivity contribution in [3.63, 3.8) is 0 Å². The fraction of sp³-hybridized carbons (Fsp3) is 0.222. The lowest BCUT2D eigenvalue weighted by Crippen LogP contribution is -2.12. The molecule has 2 aromatic carbocycles. The second-order valence-electron chi connectivity index (χ2n) is 8.22. The first kappa shape index (κ1) is 23.0. The Labute approximate surface area is 198 Å². The van der Waals surface area contributed by atoms with Gasteiger partial charge >= 0.3 is 0 Å². The van der Waals surface area contributed by atoms with Crippen LogP contribution in [0.1, 0.15) is 56.1 Å². The molecule has 4 aromatic rings. The second-order valence-corrected chi connectivity index (χ2v) is 8.22. The van der Waals surface area contributed by atoms with Crippen molar-refractivity contribution in [3.8, 4) is 5.75 Å².